The molecule has 0 aliphatic rings. The minimum atomic E-state index is -0.510. The highest BCUT2D eigenvalue weighted by atomic mass is 79.9. The molecule has 0 saturated carbocycles. The van der Waals surface area contributed by atoms with E-state index in [4.69, 9.17) is 4.74 Å². The third-order valence-electron chi connectivity index (χ3n) is 3.39. The number of hydrogen-bond donors (Lipinski definition) is 1. The lowest BCUT2D eigenvalue weighted by atomic mass is 10.1. The first-order valence-electron chi connectivity index (χ1n) is 7.30. The number of ether oxygens (including phenoxy) is 1. The minimum Gasteiger partial charge on any atom is -0.480 e. The van der Waals surface area contributed by atoms with Gasteiger partial charge in [0.05, 0.1) is 0 Å². The highest BCUT2D eigenvalue weighted by Gasteiger charge is 2.19. The molecule has 2 aromatic carbocycles. The van der Waals surface area contributed by atoms with Crippen LogP contribution in [-0.2, 0) is 4.79 Å². The fraction of sp³-hybridized carbons (Fsp3) is 0.278. The van der Waals surface area contributed by atoms with E-state index in [1.54, 1.807) is 0 Å². The smallest absolute Gasteiger partial charge is 0.265 e. The van der Waals surface area contributed by atoms with Crippen LogP contribution in [0.5, 0.6) is 5.75 Å². The van der Waals surface area contributed by atoms with Gasteiger partial charge in [-0.3, -0.25) is 4.79 Å². The van der Waals surface area contributed by atoms with Crippen molar-refractivity contribution >= 4 is 27.5 Å². The molecule has 0 spiro atoms. The summed E-state index contributed by atoms with van der Waals surface area (Å²) in [6, 6.07) is 13.5. The molecular weight excluding hydrogens is 342 g/mol. The van der Waals surface area contributed by atoms with E-state index < -0.39 is 6.10 Å². The average molecular weight is 362 g/mol. The minimum absolute atomic E-state index is 0.134. The Morgan fingerprint density at radius 3 is 2.50 bits per heavy atom. The van der Waals surface area contributed by atoms with Crippen molar-refractivity contribution in [3.8, 4) is 5.75 Å². The van der Waals surface area contributed by atoms with Gasteiger partial charge in [-0.05, 0) is 61.7 Å². The Morgan fingerprint density at radius 2 is 1.86 bits per heavy atom. The van der Waals surface area contributed by atoms with Crippen molar-refractivity contribution in [2.45, 2.75) is 33.3 Å². The molecule has 3 nitrogen and oxygen atoms in total. The number of benzene rings is 2. The first-order valence-corrected chi connectivity index (χ1v) is 8.09. The van der Waals surface area contributed by atoms with Crippen LogP contribution in [0.15, 0.2) is 46.9 Å². The molecule has 0 aliphatic carbocycles. The van der Waals surface area contributed by atoms with Crippen LogP contribution in [0.3, 0.4) is 0 Å². The topological polar surface area (TPSA) is 38.3 Å². The van der Waals surface area contributed by atoms with Crippen LogP contribution >= 0.6 is 15.9 Å². The molecule has 2 aromatic rings. The van der Waals surface area contributed by atoms with Crippen molar-refractivity contribution in [1.29, 1.82) is 0 Å². The van der Waals surface area contributed by atoms with E-state index in [1.807, 2.05) is 63.2 Å². The summed E-state index contributed by atoms with van der Waals surface area (Å²) >= 11 is 3.38. The monoisotopic (exact) mass is 361 g/mol. The molecule has 1 atom stereocenters. The Bertz CT molecular complexity index is 653. The summed E-state index contributed by atoms with van der Waals surface area (Å²) in [5, 5.41) is 2.89. The Morgan fingerprint density at radius 1 is 1.18 bits per heavy atom. The zero-order valence-corrected chi connectivity index (χ0v) is 14.6. The predicted molar refractivity (Wildman–Crippen MR) is 93.4 cm³/mol. The maximum absolute atomic E-state index is 12.4. The van der Waals surface area contributed by atoms with Crippen LogP contribution in [-0.4, -0.2) is 12.0 Å². The molecule has 116 valence electrons. The summed E-state index contributed by atoms with van der Waals surface area (Å²) in [5.41, 5.74) is 2.90. The van der Waals surface area contributed by atoms with Crippen molar-refractivity contribution in [2.75, 3.05) is 5.32 Å². The van der Waals surface area contributed by atoms with E-state index in [9.17, 15) is 4.79 Å². The zero-order chi connectivity index (χ0) is 16.1. The van der Waals surface area contributed by atoms with Gasteiger partial charge >= 0.3 is 0 Å². The second-order valence-corrected chi connectivity index (χ2v) is 6.20. The lowest BCUT2D eigenvalue weighted by Gasteiger charge is -2.19. The van der Waals surface area contributed by atoms with Crippen molar-refractivity contribution in [3.63, 3.8) is 0 Å². The van der Waals surface area contributed by atoms with Gasteiger partial charge in [-0.2, -0.15) is 0 Å². The van der Waals surface area contributed by atoms with Gasteiger partial charge in [0.1, 0.15) is 5.75 Å². The number of halogens is 1. The molecule has 0 bridgehead atoms. The van der Waals surface area contributed by atoms with E-state index in [1.165, 1.54) is 0 Å². The summed E-state index contributed by atoms with van der Waals surface area (Å²) in [5.74, 6) is 0.628. The molecule has 0 aliphatic heterocycles. The van der Waals surface area contributed by atoms with Crippen LogP contribution in [0.4, 0.5) is 5.69 Å². The molecule has 0 saturated heterocycles. The quantitative estimate of drug-likeness (QED) is 0.825. The summed E-state index contributed by atoms with van der Waals surface area (Å²) in [4.78, 5) is 12.4. The lowest BCUT2D eigenvalue weighted by molar-refractivity contribution is -0.122. The standard InChI is InChI=1S/C18H20BrNO2/c1-4-16(22-17-11-12(2)5-6-13(17)3)18(21)20-15-9-7-14(19)8-10-15/h5-11,16H,4H2,1-3H3,(H,20,21)/t16-/m0/s1. The van der Waals surface area contributed by atoms with Crippen LogP contribution in [0.25, 0.3) is 0 Å². The molecule has 0 heterocycles. The summed E-state index contributed by atoms with van der Waals surface area (Å²) in [7, 11) is 0. The van der Waals surface area contributed by atoms with Crippen LogP contribution in [0.2, 0.25) is 0 Å². The van der Waals surface area contributed by atoms with E-state index in [-0.39, 0.29) is 5.91 Å². The average Bonchev–Trinajstić information content (AvgIpc) is 2.50. The van der Waals surface area contributed by atoms with Crippen molar-refractivity contribution < 1.29 is 9.53 Å². The highest BCUT2D eigenvalue weighted by molar-refractivity contribution is 9.10. The molecule has 1 N–H and O–H groups in total. The first kappa shape index (κ1) is 16.6. The molecule has 0 fully saturated rings. The Labute approximate surface area is 139 Å². The van der Waals surface area contributed by atoms with Crippen molar-refractivity contribution in [2.24, 2.45) is 0 Å². The SMILES string of the molecule is CC[C@H](Oc1cc(C)ccc1C)C(=O)Nc1ccc(Br)cc1. The summed E-state index contributed by atoms with van der Waals surface area (Å²) < 4.78 is 6.89. The number of amides is 1. The number of carbonyl (C=O) groups excluding carboxylic acids is 1. The van der Waals surface area contributed by atoms with E-state index >= 15 is 0 Å². The van der Waals surface area contributed by atoms with E-state index in [2.05, 4.69) is 21.2 Å². The van der Waals surface area contributed by atoms with Crippen LogP contribution in [0.1, 0.15) is 24.5 Å². The second-order valence-electron chi connectivity index (χ2n) is 5.28. The normalized spacial score (nSPS) is 11.8. The molecule has 1 amide bonds. The highest BCUT2D eigenvalue weighted by Crippen LogP contribution is 2.22. The maximum Gasteiger partial charge on any atom is 0.265 e. The number of nitrogens with one attached hydrogen (secondary N) is 1. The van der Waals surface area contributed by atoms with Gasteiger partial charge in [-0.15, -0.1) is 0 Å². The van der Waals surface area contributed by atoms with Crippen molar-refractivity contribution in [1.82, 2.24) is 0 Å². The Hall–Kier alpha value is -1.81. The van der Waals surface area contributed by atoms with Gasteiger partial charge in [0.15, 0.2) is 6.10 Å². The van der Waals surface area contributed by atoms with Gasteiger partial charge < -0.3 is 10.1 Å². The molecular formula is C18H20BrNO2. The number of carbonyl (C=O) groups is 1. The van der Waals surface area contributed by atoms with Gasteiger partial charge in [-0.1, -0.05) is 35.0 Å². The third kappa shape index (κ3) is 4.34. The predicted octanol–water partition coefficient (Wildman–Crippen LogP) is 4.86. The molecule has 2 rings (SSSR count). The number of aryl methyl sites for hydroxylation is 2. The van der Waals surface area contributed by atoms with Gasteiger partial charge in [0, 0.05) is 10.2 Å². The van der Waals surface area contributed by atoms with Crippen molar-refractivity contribution in [3.05, 3.63) is 58.1 Å². The van der Waals surface area contributed by atoms with E-state index in [0.717, 1.165) is 27.0 Å². The third-order valence-corrected chi connectivity index (χ3v) is 3.92. The summed E-state index contributed by atoms with van der Waals surface area (Å²) in [6.07, 6.45) is 0.0968. The number of rotatable bonds is 5. The van der Waals surface area contributed by atoms with Gasteiger partial charge in [0.2, 0.25) is 0 Å². The fourth-order valence-electron chi connectivity index (χ4n) is 2.07. The molecule has 0 unspecified atom stereocenters. The summed E-state index contributed by atoms with van der Waals surface area (Å²) in [6.45, 7) is 5.93. The maximum atomic E-state index is 12.4. The largest absolute Gasteiger partial charge is 0.480 e. The molecule has 0 aromatic heterocycles. The second kappa shape index (κ2) is 7.45. The fourth-order valence-corrected chi connectivity index (χ4v) is 2.33. The Balaban J connectivity index is 2.08. The van der Waals surface area contributed by atoms with Crippen LogP contribution in [0, 0.1) is 13.8 Å². The number of hydrogen-bond acceptors (Lipinski definition) is 2. The number of anilines is 1. The zero-order valence-electron chi connectivity index (χ0n) is 13.0. The van der Waals surface area contributed by atoms with Crippen LogP contribution < -0.4 is 10.1 Å². The first-order chi connectivity index (χ1) is 10.5. The molecule has 4 heteroatoms. The lowest BCUT2D eigenvalue weighted by Crippen LogP contribution is -2.32. The van der Waals surface area contributed by atoms with Gasteiger partial charge in [-0.25, -0.2) is 0 Å². The molecule has 0 radical (unpaired) electrons. The Kier molecular flexibility index (Phi) is 5.61. The van der Waals surface area contributed by atoms with Gasteiger partial charge in [0.25, 0.3) is 5.91 Å². The van der Waals surface area contributed by atoms with E-state index in [0.29, 0.717) is 6.42 Å². The molecule has 22 heavy (non-hydrogen) atoms.